The molecule has 0 radical (unpaired) electrons. The molecule has 1 N–H and O–H groups in total. The quantitative estimate of drug-likeness (QED) is 0.736. The molecule has 0 atom stereocenters. The van der Waals surface area contributed by atoms with Crippen LogP contribution >= 0.6 is 0 Å². The van der Waals surface area contributed by atoms with E-state index in [2.05, 4.69) is 4.98 Å². The van der Waals surface area contributed by atoms with Crippen molar-refractivity contribution in [3.8, 4) is 0 Å². The van der Waals surface area contributed by atoms with E-state index in [0.717, 1.165) is 6.54 Å². The number of likely N-dealkylation sites (N-methyl/N-ethyl adjacent to an activating group) is 1. The minimum atomic E-state index is -0.00510. The van der Waals surface area contributed by atoms with Gasteiger partial charge in [0.25, 0.3) is 0 Å². The van der Waals surface area contributed by atoms with Crippen molar-refractivity contribution in [2.75, 3.05) is 24.6 Å². The molecule has 0 aliphatic rings. The van der Waals surface area contributed by atoms with Crippen molar-refractivity contribution >= 4 is 11.6 Å². The molecule has 0 fully saturated rings. The van der Waals surface area contributed by atoms with Crippen molar-refractivity contribution < 1.29 is 9.90 Å². The molecule has 1 aromatic heterocycles. The lowest BCUT2D eigenvalue weighted by Crippen LogP contribution is -2.28. The van der Waals surface area contributed by atoms with Gasteiger partial charge in [0.15, 0.2) is 5.78 Å². The van der Waals surface area contributed by atoms with Crippen molar-refractivity contribution in [1.29, 1.82) is 0 Å². The Morgan fingerprint density at radius 2 is 2.33 bits per heavy atom. The first-order valence-electron chi connectivity index (χ1n) is 5.02. The number of aromatic nitrogens is 1. The maximum Gasteiger partial charge on any atom is 0.163 e. The first-order chi connectivity index (χ1) is 7.20. The van der Waals surface area contributed by atoms with Crippen molar-refractivity contribution in [2.45, 2.75) is 13.8 Å². The number of anilines is 1. The molecule has 0 amide bonds. The topological polar surface area (TPSA) is 53.4 Å². The van der Waals surface area contributed by atoms with Gasteiger partial charge < -0.3 is 10.0 Å². The molecular weight excluding hydrogens is 192 g/mol. The zero-order valence-electron chi connectivity index (χ0n) is 9.10. The molecule has 0 aliphatic heterocycles. The number of nitrogens with zero attached hydrogens (tertiary/aromatic N) is 2. The number of carbonyl (C=O) groups excluding carboxylic acids is 1. The monoisotopic (exact) mass is 208 g/mol. The fraction of sp³-hybridized carbons (Fsp3) is 0.455. The number of ketones is 1. The minimum absolute atomic E-state index is 0.00510. The minimum Gasteiger partial charge on any atom is -0.395 e. The molecule has 0 saturated heterocycles. The predicted molar refractivity (Wildman–Crippen MR) is 59.2 cm³/mol. The van der Waals surface area contributed by atoms with Crippen molar-refractivity contribution in [3.05, 3.63) is 23.9 Å². The van der Waals surface area contributed by atoms with Crippen LogP contribution in [0.2, 0.25) is 0 Å². The molecule has 0 aromatic carbocycles. The molecule has 82 valence electrons. The standard InChI is InChI=1S/C11H16N2O2/c1-3-13(7-8-14)11-10(9(2)15)5-4-6-12-11/h4-6,14H,3,7-8H2,1-2H3. The Morgan fingerprint density at radius 3 is 2.87 bits per heavy atom. The normalized spacial score (nSPS) is 10.1. The van der Waals surface area contributed by atoms with Crippen LogP contribution in [0.5, 0.6) is 0 Å². The van der Waals surface area contributed by atoms with Gasteiger partial charge in [-0.1, -0.05) is 0 Å². The summed E-state index contributed by atoms with van der Waals surface area (Å²) in [5.41, 5.74) is 0.604. The van der Waals surface area contributed by atoms with Gasteiger partial charge in [0, 0.05) is 19.3 Å². The predicted octanol–water partition coefficient (Wildman–Crippen LogP) is 1.10. The first-order valence-corrected chi connectivity index (χ1v) is 5.02. The second-order valence-electron chi connectivity index (χ2n) is 3.23. The molecule has 0 aliphatic carbocycles. The molecular formula is C11H16N2O2. The summed E-state index contributed by atoms with van der Waals surface area (Å²) in [6, 6.07) is 3.50. The molecule has 4 nitrogen and oxygen atoms in total. The highest BCUT2D eigenvalue weighted by Crippen LogP contribution is 2.16. The Bertz CT molecular complexity index is 339. The number of hydrogen-bond acceptors (Lipinski definition) is 4. The largest absolute Gasteiger partial charge is 0.395 e. The van der Waals surface area contributed by atoms with E-state index in [1.54, 1.807) is 18.3 Å². The number of Topliss-reactive ketones (excluding diaryl/α,β-unsaturated/α-hetero) is 1. The van der Waals surface area contributed by atoms with Crippen LogP contribution in [0.15, 0.2) is 18.3 Å². The van der Waals surface area contributed by atoms with Crippen LogP contribution in [0.4, 0.5) is 5.82 Å². The second kappa shape index (κ2) is 5.46. The molecule has 1 aromatic rings. The third-order valence-electron chi connectivity index (χ3n) is 2.22. The smallest absolute Gasteiger partial charge is 0.163 e. The first kappa shape index (κ1) is 11.7. The van der Waals surface area contributed by atoms with Crippen LogP contribution in [-0.2, 0) is 0 Å². The molecule has 15 heavy (non-hydrogen) atoms. The zero-order valence-corrected chi connectivity index (χ0v) is 9.10. The van der Waals surface area contributed by atoms with Crippen molar-refractivity contribution in [1.82, 2.24) is 4.98 Å². The van der Waals surface area contributed by atoms with Gasteiger partial charge in [-0.2, -0.15) is 0 Å². The summed E-state index contributed by atoms with van der Waals surface area (Å²) in [7, 11) is 0. The van der Waals surface area contributed by atoms with Gasteiger partial charge in [0.05, 0.1) is 12.2 Å². The third kappa shape index (κ3) is 2.76. The lowest BCUT2D eigenvalue weighted by atomic mass is 10.2. The highest BCUT2D eigenvalue weighted by atomic mass is 16.3. The van der Waals surface area contributed by atoms with E-state index in [1.807, 2.05) is 11.8 Å². The van der Waals surface area contributed by atoms with Gasteiger partial charge in [0.2, 0.25) is 0 Å². The number of rotatable bonds is 5. The lowest BCUT2D eigenvalue weighted by molar-refractivity contribution is 0.101. The molecule has 0 saturated carbocycles. The van der Waals surface area contributed by atoms with Gasteiger partial charge in [-0.05, 0) is 26.0 Å². The Kier molecular flexibility index (Phi) is 4.24. The summed E-state index contributed by atoms with van der Waals surface area (Å²) in [6.07, 6.45) is 1.65. The summed E-state index contributed by atoms with van der Waals surface area (Å²) in [5.74, 6) is 0.649. The Labute approximate surface area is 89.6 Å². The Hall–Kier alpha value is -1.42. The average molecular weight is 208 g/mol. The maximum atomic E-state index is 11.4. The average Bonchev–Trinajstić information content (AvgIpc) is 2.26. The number of hydrogen-bond donors (Lipinski definition) is 1. The van der Waals surface area contributed by atoms with Gasteiger partial charge in [-0.15, -0.1) is 0 Å². The lowest BCUT2D eigenvalue weighted by Gasteiger charge is -2.22. The number of pyridine rings is 1. The number of carbonyl (C=O) groups is 1. The maximum absolute atomic E-state index is 11.4. The number of aliphatic hydroxyl groups is 1. The molecule has 1 heterocycles. The molecule has 1 rings (SSSR count). The summed E-state index contributed by atoms with van der Waals surface area (Å²) in [4.78, 5) is 17.4. The van der Waals surface area contributed by atoms with E-state index in [0.29, 0.717) is 17.9 Å². The Morgan fingerprint density at radius 1 is 1.60 bits per heavy atom. The Balaban J connectivity index is 3.04. The van der Waals surface area contributed by atoms with Crippen LogP contribution in [0.3, 0.4) is 0 Å². The van der Waals surface area contributed by atoms with E-state index < -0.39 is 0 Å². The molecule has 0 spiro atoms. The summed E-state index contributed by atoms with van der Waals surface area (Å²) < 4.78 is 0. The van der Waals surface area contributed by atoms with Crippen LogP contribution in [0.25, 0.3) is 0 Å². The second-order valence-corrected chi connectivity index (χ2v) is 3.23. The van der Waals surface area contributed by atoms with E-state index in [4.69, 9.17) is 5.11 Å². The summed E-state index contributed by atoms with van der Waals surface area (Å²) in [6.45, 7) is 4.76. The molecule has 0 unspecified atom stereocenters. The highest BCUT2D eigenvalue weighted by molar-refractivity contribution is 5.98. The summed E-state index contributed by atoms with van der Waals surface area (Å²) in [5, 5.41) is 8.90. The third-order valence-corrected chi connectivity index (χ3v) is 2.22. The fourth-order valence-corrected chi connectivity index (χ4v) is 1.46. The highest BCUT2D eigenvalue weighted by Gasteiger charge is 2.12. The van der Waals surface area contributed by atoms with E-state index in [1.165, 1.54) is 6.92 Å². The van der Waals surface area contributed by atoms with Crippen LogP contribution in [0.1, 0.15) is 24.2 Å². The van der Waals surface area contributed by atoms with Gasteiger partial charge in [-0.25, -0.2) is 4.98 Å². The van der Waals surface area contributed by atoms with Crippen LogP contribution in [0, 0.1) is 0 Å². The van der Waals surface area contributed by atoms with Gasteiger partial charge in [0.1, 0.15) is 5.82 Å². The van der Waals surface area contributed by atoms with Crippen LogP contribution < -0.4 is 4.90 Å². The summed E-state index contributed by atoms with van der Waals surface area (Å²) >= 11 is 0. The van der Waals surface area contributed by atoms with Gasteiger partial charge in [-0.3, -0.25) is 4.79 Å². The van der Waals surface area contributed by atoms with E-state index >= 15 is 0 Å². The fourth-order valence-electron chi connectivity index (χ4n) is 1.46. The van der Waals surface area contributed by atoms with E-state index in [-0.39, 0.29) is 12.4 Å². The van der Waals surface area contributed by atoms with Crippen LogP contribution in [-0.4, -0.2) is 35.6 Å². The molecule has 0 bridgehead atoms. The van der Waals surface area contributed by atoms with Gasteiger partial charge >= 0.3 is 0 Å². The number of aliphatic hydroxyl groups excluding tert-OH is 1. The zero-order chi connectivity index (χ0) is 11.3. The molecule has 4 heteroatoms. The SMILES string of the molecule is CCN(CCO)c1ncccc1C(C)=O. The van der Waals surface area contributed by atoms with Crippen molar-refractivity contribution in [3.63, 3.8) is 0 Å². The van der Waals surface area contributed by atoms with E-state index in [9.17, 15) is 4.79 Å². The van der Waals surface area contributed by atoms with Crippen molar-refractivity contribution in [2.24, 2.45) is 0 Å².